The van der Waals surface area contributed by atoms with Crippen LogP contribution in [0, 0.1) is 0 Å². The van der Waals surface area contributed by atoms with Gasteiger partial charge in [0.25, 0.3) is 5.91 Å². The van der Waals surface area contributed by atoms with Gasteiger partial charge in [-0.3, -0.25) is 9.48 Å². The molecule has 0 aliphatic rings. The second kappa shape index (κ2) is 5.55. The number of aryl methyl sites for hydroxylation is 1. The van der Waals surface area contributed by atoms with Crippen LogP contribution in [-0.2, 0) is 18.4 Å². The third-order valence-electron chi connectivity index (χ3n) is 2.84. The summed E-state index contributed by atoms with van der Waals surface area (Å²) in [6, 6.07) is 0.585. The Bertz CT molecular complexity index is 631. The molecule has 20 heavy (non-hydrogen) atoms. The standard InChI is InChI=1S/C12H15N5O3/c1-8(12(19)20)17-10(3-4-14-17)11(18)13-5-9-6-15-16(2)7-9/h3-4,6-8H,5H2,1-2H3,(H,13,18)(H,19,20). The van der Waals surface area contributed by atoms with Gasteiger partial charge in [0.05, 0.1) is 6.20 Å². The number of nitrogens with zero attached hydrogens (tertiary/aromatic N) is 4. The van der Waals surface area contributed by atoms with Gasteiger partial charge in [0.15, 0.2) is 0 Å². The molecule has 0 aliphatic heterocycles. The molecule has 106 valence electrons. The first-order chi connectivity index (χ1) is 9.49. The Morgan fingerprint density at radius 1 is 1.45 bits per heavy atom. The Hall–Kier alpha value is -2.64. The Morgan fingerprint density at radius 2 is 2.20 bits per heavy atom. The molecule has 1 unspecified atom stereocenters. The molecule has 2 aromatic heterocycles. The predicted octanol–water partition coefficient (Wildman–Crippen LogP) is 0.192. The van der Waals surface area contributed by atoms with Crippen molar-refractivity contribution in [2.24, 2.45) is 7.05 Å². The minimum atomic E-state index is -1.05. The summed E-state index contributed by atoms with van der Waals surface area (Å²) in [7, 11) is 1.79. The summed E-state index contributed by atoms with van der Waals surface area (Å²) < 4.78 is 2.82. The first-order valence-electron chi connectivity index (χ1n) is 6.01. The lowest BCUT2D eigenvalue weighted by molar-refractivity contribution is -0.140. The minimum absolute atomic E-state index is 0.212. The van der Waals surface area contributed by atoms with E-state index in [0.29, 0.717) is 6.54 Å². The Kier molecular flexibility index (Phi) is 3.83. The van der Waals surface area contributed by atoms with Crippen molar-refractivity contribution < 1.29 is 14.7 Å². The number of carboxylic acid groups (broad SMARTS) is 1. The van der Waals surface area contributed by atoms with Crippen LogP contribution in [-0.4, -0.2) is 36.5 Å². The average Bonchev–Trinajstić information content (AvgIpc) is 3.03. The molecule has 1 amide bonds. The van der Waals surface area contributed by atoms with E-state index in [1.807, 2.05) is 0 Å². The molecule has 2 aromatic rings. The molecule has 0 aromatic carbocycles. The molecule has 8 nitrogen and oxygen atoms in total. The molecule has 2 rings (SSSR count). The zero-order chi connectivity index (χ0) is 14.7. The summed E-state index contributed by atoms with van der Waals surface area (Å²) in [4.78, 5) is 23.0. The van der Waals surface area contributed by atoms with Crippen LogP contribution in [0.4, 0.5) is 0 Å². The molecule has 0 spiro atoms. The first kappa shape index (κ1) is 13.8. The normalized spacial score (nSPS) is 12.1. The number of hydrogen-bond acceptors (Lipinski definition) is 4. The number of carbonyl (C=O) groups excluding carboxylic acids is 1. The van der Waals surface area contributed by atoms with E-state index in [-0.39, 0.29) is 11.6 Å². The molecule has 1 atom stereocenters. The van der Waals surface area contributed by atoms with Gasteiger partial charge in [0, 0.05) is 31.5 Å². The lowest BCUT2D eigenvalue weighted by Crippen LogP contribution is -2.28. The van der Waals surface area contributed by atoms with Gasteiger partial charge >= 0.3 is 5.97 Å². The van der Waals surface area contributed by atoms with E-state index in [2.05, 4.69) is 15.5 Å². The van der Waals surface area contributed by atoms with Crippen molar-refractivity contribution >= 4 is 11.9 Å². The summed E-state index contributed by atoms with van der Waals surface area (Å²) >= 11 is 0. The van der Waals surface area contributed by atoms with E-state index < -0.39 is 12.0 Å². The van der Waals surface area contributed by atoms with Crippen LogP contribution in [0.2, 0.25) is 0 Å². The zero-order valence-corrected chi connectivity index (χ0v) is 11.1. The summed E-state index contributed by atoms with van der Waals surface area (Å²) in [6.45, 7) is 1.78. The maximum atomic E-state index is 12.0. The van der Waals surface area contributed by atoms with Crippen molar-refractivity contribution in [2.75, 3.05) is 0 Å². The predicted molar refractivity (Wildman–Crippen MR) is 69.0 cm³/mol. The molecule has 0 radical (unpaired) electrons. The van der Waals surface area contributed by atoms with Crippen molar-refractivity contribution in [3.63, 3.8) is 0 Å². The molecule has 0 aliphatic carbocycles. The highest BCUT2D eigenvalue weighted by Crippen LogP contribution is 2.09. The smallest absolute Gasteiger partial charge is 0.328 e. The van der Waals surface area contributed by atoms with Gasteiger partial charge in [-0.05, 0) is 13.0 Å². The van der Waals surface area contributed by atoms with Crippen LogP contribution in [0.25, 0.3) is 0 Å². The highest BCUT2D eigenvalue weighted by molar-refractivity contribution is 5.93. The van der Waals surface area contributed by atoms with Gasteiger partial charge in [-0.2, -0.15) is 10.2 Å². The number of hydrogen-bond donors (Lipinski definition) is 2. The molecular formula is C12H15N5O3. The second-order valence-electron chi connectivity index (χ2n) is 4.38. The van der Waals surface area contributed by atoms with E-state index in [1.165, 1.54) is 23.9 Å². The number of aromatic nitrogens is 4. The van der Waals surface area contributed by atoms with Crippen LogP contribution in [0.5, 0.6) is 0 Å². The summed E-state index contributed by atoms with van der Waals surface area (Å²) in [5.41, 5.74) is 1.07. The third kappa shape index (κ3) is 2.85. The molecular weight excluding hydrogens is 262 g/mol. The van der Waals surface area contributed by atoms with Gasteiger partial charge in [-0.25, -0.2) is 9.48 Å². The lowest BCUT2D eigenvalue weighted by Gasteiger charge is -2.11. The SMILES string of the molecule is CC(C(=O)O)n1nccc1C(=O)NCc1cnn(C)c1. The Balaban J connectivity index is 2.06. The van der Waals surface area contributed by atoms with E-state index in [4.69, 9.17) is 5.11 Å². The average molecular weight is 277 g/mol. The lowest BCUT2D eigenvalue weighted by atomic mass is 10.3. The monoisotopic (exact) mass is 277 g/mol. The van der Waals surface area contributed by atoms with Crippen molar-refractivity contribution in [1.29, 1.82) is 0 Å². The number of nitrogens with one attached hydrogen (secondary N) is 1. The summed E-state index contributed by atoms with van der Waals surface area (Å²) in [5.74, 6) is -1.42. The zero-order valence-electron chi connectivity index (χ0n) is 11.1. The van der Waals surface area contributed by atoms with Crippen LogP contribution in [0.15, 0.2) is 24.7 Å². The highest BCUT2D eigenvalue weighted by Gasteiger charge is 2.20. The maximum Gasteiger partial charge on any atom is 0.328 e. The molecule has 8 heteroatoms. The number of carbonyl (C=O) groups is 2. The van der Waals surface area contributed by atoms with Crippen LogP contribution in [0.3, 0.4) is 0 Å². The second-order valence-corrected chi connectivity index (χ2v) is 4.38. The minimum Gasteiger partial charge on any atom is -0.480 e. The fourth-order valence-electron chi connectivity index (χ4n) is 1.74. The van der Waals surface area contributed by atoms with Crippen molar-refractivity contribution in [2.45, 2.75) is 19.5 Å². The van der Waals surface area contributed by atoms with Crippen molar-refractivity contribution in [3.05, 3.63) is 35.9 Å². The molecule has 0 fully saturated rings. The largest absolute Gasteiger partial charge is 0.480 e. The van der Waals surface area contributed by atoms with Gasteiger partial charge < -0.3 is 10.4 Å². The molecule has 0 saturated heterocycles. The van der Waals surface area contributed by atoms with E-state index in [0.717, 1.165) is 5.56 Å². The van der Waals surface area contributed by atoms with E-state index in [1.54, 1.807) is 24.1 Å². The maximum absolute atomic E-state index is 12.0. The molecule has 2 heterocycles. The number of aliphatic carboxylic acids is 1. The third-order valence-corrected chi connectivity index (χ3v) is 2.84. The Labute approximate surface area is 115 Å². The number of carboxylic acids is 1. The van der Waals surface area contributed by atoms with Crippen LogP contribution >= 0.6 is 0 Å². The number of rotatable bonds is 5. The van der Waals surface area contributed by atoms with Gasteiger partial charge in [-0.1, -0.05) is 0 Å². The summed E-state index contributed by atoms with van der Waals surface area (Å²) in [5, 5.41) is 19.5. The van der Waals surface area contributed by atoms with E-state index in [9.17, 15) is 9.59 Å². The van der Waals surface area contributed by atoms with E-state index >= 15 is 0 Å². The van der Waals surface area contributed by atoms with Crippen molar-refractivity contribution in [1.82, 2.24) is 24.9 Å². The highest BCUT2D eigenvalue weighted by atomic mass is 16.4. The first-order valence-corrected chi connectivity index (χ1v) is 6.01. The fraction of sp³-hybridized carbons (Fsp3) is 0.333. The Morgan fingerprint density at radius 3 is 2.80 bits per heavy atom. The molecule has 0 saturated carbocycles. The quantitative estimate of drug-likeness (QED) is 0.812. The topological polar surface area (TPSA) is 102 Å². The van der Waals surface area contributed by atoms with Gasteiger partial charge in [0.1, 0.15) is 11.7 Å². The number of amides is 1. The van der Waals surface area contributed by atoms with Crippen LogP contribution < -0.4 is 5.32 Å². The summed E-state index contributed by atoms with van der Waals surface area (Å²) in [6.07, 6.45) is 4.84. The fourth-order valence-corrected chi connectivity index (χ4v) is 1.74. The van der Waals surface area contributed by atoms with Gasteiger partial charge in [0.2, 0.25) is 0 Å². The van der Waals surface area contributed by atoms with Gasteiger partial charge in [-0.15, -0.1) is 0 Å². The van der Waals surface area contributed by atoms with Crippen molar-refractivity contribution in [3.8, 4) is 0 Å². The molecule has 0 bridgehead atoms. The molecule has 2 N–H and O–H groups in total. The van der Waals surface area contributed by atoms with Crippen LogP contribution in [0.1, 0.15) is 29.0 Å².